The molecule has 0 saturated carbocycles. The van der Waals surface area contributed by atoms with Gasteiger partial charge in [0.05, 0.1) is 13.1 Å². The van der Waals surface area contributed by atoms with Gasteiger partial charge in [-0.1, -0.05) is 18.2 Å². The van der Waals surface area contributed by atoms with Crippen molar-refractivity contribution in [3.05, 3.63) is 29.8 Å². The van der Waals surface area contributed by atoms with E-state index in [1.807, 2.05) is 52.0 Å². The Morgan fingerprint density at radius 3 is 2.25 bits per heavy atom. The third-order valence-corrected chi connectivity index (χ3v) is 2.50. The van der Waals surface area contributed by atoms with Crippen LogP contribution in [-0.2, 0) is 9.59 Å². The zero-order valence-electron chi connectivity index (χ0n) is 12.5. The molecular weight excluding hydrogens is 254 g/mol. The molecule has 0 unspecified atom stereocenters. The van der Waals surface area contributed by atoms with E-state index in [9.17, 15) is 9.59 Å². The molecule has 0 aromatic heterocycles. The van der Waals surface area contributed by atoms with Gasteiger partial charge in [0.2, 0.25) is 11.8 Å². The Kier molecular flexibility index (Phi) is 5.70. The van der Waals surface area contributed by atoms with E-state index >= 15 is 0 Å². The second-order valence-corrected chi connectivity index (χ2v) is 5.76. The number of carbonyl (C=O) groups excluding carboxylic acids is 2. The first-order valence-electron chi connectivity index (χ1n) is 6.65. The van der Waals surface area contributed by atoms with Crippen molar-refractivity contribution < 1.29 is 9.59 Å². The topological polar surface area (TPSA) is 70.2 Å². The third-order valence-electron chi connectivity index (χ3n) is 2.50. The summed E-state index contributed by atoms with van der Waals surface area (Å²) in [7, 11) is 0. The summed E-state index contributed by atoms with van der Waals surface area (Å²) in [4.78, 5) is 23.3. The van der Waals surface area contributed by atoms with Gasteiger partial charge < -0.3 is 10.6 Å². The lowest BCUT2D eigenvalue weighted by Gasteiger charge is -2.20. The fraction of sp³-hybridized carbons (Fsp3) is 0.467. The van der Waals surface area contributed by atoms with E-state index in [1.165, 1.54) is 0 Å². The van der Waals surface area contributed by atoms with Crippen molar-refractivity contribution in [1.82, 2.24) is 10.6 Å². The summed E-state index contributed by atoms with van der Waals surface area (Å²) in [6.07, 6.45) is 0. The molecule has 0 radical (unpaired) electrons. The largest absolute Gasteiger partial charge is 0.350 e. The fourth-order valence-corrected chi connectivity index (χ4v) is 1.66. The maximum atomic E-state index is 11.7. The molecule has 5 nitrogen and oxygen atoms in total. The summed E-state index contributed by atoms with van der Waals surface area (Å²) in [6, 6.07) is 7.56. The smallest absolute Gasteiger partial charge is 0.238 e. The molecule has 0 bridgehead atoms. The van der Waals surface area contributed by atoms with Crippen LogP contribution in [0.5, 0.6) is 0 Å². The first kappa shape index (κ1) is 16.2. The maximum Gasteiger partial charge on any atom is 0.238 e. The van der Waals surface area contributed by atoms with Gasteiger partial charge in [0, 0.05) is 11.2 Å². The highest BCUT2D eigenvalue weighted by Gasteiger charge is 2.13. The minimum atomic E-state index is -0.262. The van der Waals surface area contributed by atoms with Gasteiger partial charge in [-0.15, -0.1) is 0 Å². The Labute approximate surface area is 120 Å². The van der Waals surface area contributed by atoms with E-state index in [2.05, 4.69) is 16.0 Å². The number of hydrogen-bond donors (Lipinski definition) is 3. The van der Waals surface area contributed by atoms with Gasteiger partial charge in [-0.3, -0.25) is 14.9 Å². The Morgan fingerprint density at radius 1 is 1.05 bits per heavy atom. The van der Waals surface area contributed by atoms with Crippen LogP contribution >= 0.6 is 0 Å². The van der Waals surface area contributed by atoms with Crippen LogP contribution in [0.1, 0.15) is 26.3 Å². The predicted octanol–water partition coefficient (Wildman–Crippen LogP) is 1.44. The summed E-state index contributed by atoms with van der Waals surface area (Å²) >= 11 is 0. The fourth-order valence-electron chi connectivity index (χ4n) is 1.66. The molecule has 20 heavy (non-hydrogen) atoms. The predicted molar refractivity (Wildman–Crippen MR) is 80.6 cm³/mol. The minimum Gasteiger partial charge on any atom is -0.350 e. The molecule has 0 saturated heterocycles. The Balaban J connectivity index is 2.31. The highest BCUT2D eigenvalue weighted by molar-refractivity contribution is 5.93. The quantitative estimate of drug-likeness (QED) is 0.762. The molecule has 2 amide bonds. The van der Waals surface area contributed by atoms with E-state index in [1.54, 1.807) is 0 Å². The molecular formula is C15H23N3O2. The molecule has 3 N–H and O–H groups in total. The second kappa shape index (κ2) is 7.05. The molecule has 1 aromatic carbocycles. The molecule has 1 rings (SSSR count). The number of benzene rings is 1. The maximum absolute atomic E-state index is 11.7. The van der Waals surface area contributed by atoms with Crippen LogP contribution < -0.4 is 16.0 Å². The first-order valence-corrected chi connectivity index (χ1v) is 6.65. The van der Waals surface area contributed by atoms with Crippen LogP contribution in [-0.4, -0.2) is 30.4 Å². The summed E-state index contributed by atoms with van der Waals surface area (Å²) in [6.45, 7) is 7.89. The molecule has 0 aliphatic heterocycles. The molecule has 5 heteroatoms. The van der Waals surface area contributed by atoms with E-state index in [4.69, 9.17) is 0 Å². The van der Waals surface area contributed by atoms with Gasteiger partial charge in [0.15, 0.2) is 0 Å². The number of nitrogens with one attached hydrogen (secondary N) is 3. The second-order valence-electron chi connectivity index (χ2n) is 5.76. The van der Waals surface area contributed by atoms with Crippen LogP contribution in [0, 0.1) is 6.92 Å². The summed E-state index contributed by atoms with van der Waals surface area (Å²) in [5, 5.41) is 8.44. The van der Waals surface area contributed by atoms with Gasteiger partial charge in [-0.05, 0) is 39.3 Å². The summed E-state index contributed by atoms with van der Waals surface area (Å²) < 4.78 is 0. The monoisotopic (exact) mass is 277 g/mol. The molecule has 110 valence electrons. The number of para-hydroxylation sites is 1. The number of carbonyl (C=O) groups is 2. The Bertz CT molecular complexity index is 478. The zero-order chi connectivity index (χ0) is 15.2. The van der Waals surface area contributed by atoms with Crippen LogP contribution in [0.2, 0.25) is 0 Å². The zero-order valence-corrected chi connectivity index (χ0v) is 12.5. The molecule has 1 aromatic rings. The highest BCUT2D eigenvalue weighted by atomic mass is 16.2. The normalized spacial score (nSPS) is 11.0. The van der Waals surface area contributed by atoms with Crippen LogP contribution in [0.4, 0.5) is 5.69 Å². The van der Waals surface area contributed by atoms with Crippen molar-refractivity contribution in [2.24, 2.45) is 0 Å². The molecule has 0 atom stereocenters. The Hall–Kier alpha value is -1.88. The summed E-state index contributed by atoms with van der Waals surface area (Å²) in [5.74, 6) is -0.288. The van der Waals surface area contributed by atoms with Gasteiger partial charge in [-0.2, -0.15) is 0 Å². The lowest BCUT2D eigenvalue weighted by atomic mass is 10.1. The molecule has 0 fully saturated rings. The number of rotatable bonds is 5. The SMILES string of the molecule is Cc1ccccc1NC(=O)CNCC(=O)NC(C)(C)C. The van der Waals surface area contributed by atoms with Gasteiger partial charge in [-0.25, -0.2) is 0 Å². The third kappa shape index (κ3) is 6.33. The van der Waals surface area contributed by atoms with Crippen molar-refractivity contribution in [2.75, 3.05) is 18.4 Å². The lowest BCUT2D eigenvalue weighted by molar-refractivity contribution is -0.121. The number of hydrogen-bond acceptors (Lipinski definition) is 3. The molecule has 0 spiro atoms. The van der Waals surface area contributed by atoms with E-state index in [0.29, 0.717) is 0 Å². The van der Waals surface area contributed by atoms with E-state index < -0.39 is 0 Å². The van der Waals surface area contributed by atoms with Crippen molar-refractivity contribution in [3.8, 4) is 0 Å². The van der Waals surface area contributed by atoms with Crippen molar-refractivity contribution in [3.63, 3.8) is 0 Å². The van der Waals surface area contributed by atoms with E-state index in [0.717, 1.165) is 11.3 Å². The van der Waals surface area contributed by atoms with Gasteiger partial charge in [0.25, 0.3) is 0 Å². The first-order chi connectivity index (χ1) is 9.28. The number of amides is 2. The molecule has 0 aliphatic rings. The van der Waals surface area contributed by atoms with Crippen molar-refractivity contribution in [1.29, 1.82) is 0 Å². The van der Waals surface area contributed by atoms with Gasteiger partial charge >= 0.3 is 0 Å². The molecule has 0 aliphatic carbocycles. The van der Waals surface area contributed by atoms with Crippen LogP contribution in [0.3, 0.4) is 0 Å². The average Bonchev–Trinajstić information content (AvgIpc) is 2.29. The minimum absolute atomic E-state index is 0.103. The van der Waals surface area contributed by atoms with Crippen LogP contribution in [0.15, 0.2) is 24.3 Å². The lowest BCUT2D eigenvalue weighted by Crippen LogP contribution is -2.45. The average molecular weight is 277 g/mol. The van der Waals surface area contributed by atoms with Crippen LogP contribution in [0.25, 0.3) is 0 Å². The number of aryl methyl sites for hydroxylation is 1. The van der Waals surface area contributed by atoms with Crippen molar-refractivity contribution in [2.45, 2.75) is 33.2 Å². The van der Waals surface area contributed by atoms with Gasteiger partial charge in [0.1, 0.15) is 0 Å². The summed E-state index contributed by atoms with van der Waals surface area (Å²) in [5.41, 5.74) is 1.53. The highest BCUT2D eigenvalue weighted by Crippen LogP contribution is 2.12. The molecule has 0 heterocycles. The van der Waals surface area contributed by atoms with Crippen molar-refractivity contribution >= 4 is 17.5 Å². The number of anilines is 1. The standard InChI is InChI=1S/C15H23N3O2/c1-11-7-5-6-8-12(11)17-13(19)9-16-10-14(20)18-15(2,3)4/h5-8,16H,9-10H2,1-4H3,(H,17,19)(H,18,20). The Morgan fingerprint density at radius 2 is 1.65 bits per heavy atom. The van der Waals surface area contributed by atoms with E-state index in [-0.39, 0.29) is 30.4 Å².